The van der Waals surface area contributed by atoms with Gasteiger partial charge in [0.25, 0.3) is 5.91 Å². The number of likely N-dealkylation sites (N-methyl/N-ethyl adjacent to an activating group) is 2. The predicted molar refractivity (Wildman–Crippen MR) is 114 cm³/mol. The molecule has 10 nitrogen and oxygen atoms in total. The highest BCUT2D eigenvalue weighted by Gasteiger charge is 2.56. The van der Waals surface area contributed by atoms with Gasteiger partial charge in [0.15, 0.2) is 0 Å². The van der Waals surface area contributed by atoms with Crippen LogP contribution in [0.5, 0.6) is 0 Å². The van der Waals surface area contributed by atoms with Crippen LogP contribution in [-0.4, -0.2) is 102 Å². The third-order valence-electron chi connectivity index (χ3n) is 7.04. The fourth-order valence-electron chi connectivity index (χ4n) is 4.94. The average Bonchev–Trinajstić information content (AvgIpc) is 2.96. The van der Waals surface area contributed by atoms with Crippen molar-refractivity contribution < 1.29 is 28.7 Å². The number of esters is 1. The smallest absolute Gasteiger partial charge is 0.327 e. The molecule has 5 amide bonds. The number of urea groups is 1. The Balaban J connectivity index is 1.52. The van der Waals surface area contributed by atoms with Crippen LogP contribution in [0.1, 0.15) is 51.9 Å². The molecule has 2 aliphatic heterocycles. The van der Waals surface area contributed by atoms with Crippen molar-refractivity contribution in [2.75, 3.05) is 46.9 Å². The van der Waals surface area contributed by atoms with E-state index >= 15 is 0 Å². The molecule has 0 N–H and O–H groups in total. The lowest BCUT2D eigenvalue weighted by Gasteiger charge is -2.35. The number of carbonyl (C=O) groups is 5. The van der Waals surface area contributed by atoms with E-state index in [2.05, 4.69) is 0 Å². The van der Waals surface area contributed by atoms with Crippen LogP contribution in [0.2, 0.25) is 0 Å². The monoisotopic (exact) mass is 450 g/mol. The van der Waals surface area contributed by atoms with Gasteiger partial charge in [0.05, 0.1) is 19.1 Å². The fraction of sp³-hybridized carbons (Fsp3) is 0.773. The number of carbonyl (C=O) groups excluding carboxylic acids is 5. The lowest BCUT2D eigenvalue weighted by atomic mass is 9.81. The fourth-order valence-corrected chi connectivity index (χ4v) is 4.94. The van der Waals surface area contributed by atoms with E-state index in [1.165, 1.54) is 16.8 Å². The second-order valence-electron chi connectivity index (χ2n) is 8.98. The summed E-state index contributed by atoms with van der Waals surface area (Å²) in [6.07, 6.45) is 5.11. The Kier molecular flexibility index (Phi) is 7.40. The molecular weight excluding hydrogens is 416 g/mol. The van der Waals surface area contributed by atoms with Crippen molar-refractivity contribution in [2.24, 2.45) is 5.92 Å². The molecule has 32 heavy (non-hydrogen) atoms. The van der Waals surface area contributed by atoms with Crippen LogP contribution in [0, 0.1) is 5.92 Å². The number of hydrogen-bond acceptors (Lipinski definition) is 6. The maximum absolute atomic E-state index is 13.0. The van der Waals surface area contributed by atoms with E-state index in [4.69, 9.17) is 4.74 Å². The summed E-state index contributed by atoms with van der Waals surface area (Å²) in [5.74, 6) is -1.41. The van der Waals surface area contributed by atoms with Crippen LogP contribution >= 0.6 is 0 Å². The highest BCUT2D eigenvalue weighted by molar-refractivity contribution is 6.09. The van der Waals surface area contributed by atoms with Gasteiger partial charge in [-0.1, -0.05) is 19.3 Å². The molecule has 0 radical (unpaired) electrons. The molecule has 1 aliphatic carbocycles. The summed E-state index contributed by atoms with van der Waals surface area (Å²) in [4.78, 5) is 68.4. The Morgan fingerprint density at radius 1 is 1.09 bits per heavy atom. The van der Waals surface area contributed by atoms with Crippen LogP contribution in [0.3, 0.4) is 0 Å². The van der Waals surface area contributed by atoms with Crippen molar-refractivity contribution in [1.29, 1.82) is 0 Å². The molecular formula is C22H34N4O6. The highest BCUT2D eigenvalue weighted by Crippen LogP contribution is 2.39. The Morgan fingerprint density at radius 2 is 1.72 bits per heavy atom. The normalized spacial score (nSPS) is 21.3. The first kappa shape index (κ1) is 24.0. The summed E-state index contributed by atoms with van der Waals surface area (Å²) in [7, 11) is 3.12. The van der Waals surface area contributed by atoms with Crippen LogP contribution in [-0.2, 0) is 23.9 Å². The van der Waals surface area contributed by atoms with Gasteiger partial charge in [-0.2, -0.15) is 0 Å². The molecule has 0 atom stereocenters. The summed E-state index contributed by atoms with van der Waals surface area (Å²) < 4.78 is 5.04. The first-order valence-corrected chi connectivity index (χ1v) is 11.5. The lowest BCUT2D eigenvalue weighted by Crippen LogP contribution is -2.50. The topological polar surface area (TPSA) is 108 Å². The van der Waals surface area contributed by atoms with E-state index < -0.39 is 17.5 Å². The summed E-state index contributed by atoms with van der Waals surface area (Å²) in [5, 5.41) is 0. The Bertz CT molecular complexity index is 770. The standard InChI is InChI=1S/C22H34N4O6/c1-4-32-19(29)16-8-12-25(13-9-16)18(28)14-23(2)17(27)15-26-20(30)22(24(3)21(26)31)10-6-5-7-11-22/h16H,4-15H2,1-3H3. The summed E-state index contributed by atoms with van der Waals surface area (Å²) in [6.45, 7) is 2.46. The van der Waals surface area contributed by atoms with Gasteiger partial charge in [-0.15, -0.1) is 0 Å². The quantitative estimate of drug-likeness (QED) is 0.438. The molecule has 0 aromatic carbocycles. The molecule has 10 heteroatoms. The molecule has 0 aromatic rings. The summed E-state index contributed by atoms with van der Waals surface area (Å²) in [5.41, 5.74) is -0.826. The third-order valence-corrected chi connectivity index (χ3v) is 7.04. The number of nitrogens with zero attached hydrogens (tertiary/aromatic N) is 4. The minimum absolute atomic E-state index is 0.139. The zero-order valence-electron chi connectivity index (χ0n) is 19.3. The Morgan fingerprint density at radius 3 is 2.31 bits per heavy atom. The summed E-state index contributed by atoms with van der Waals surface area (Å²) in [6, 6.07) is -0.453. The van der Waals surface area contributed by atoms with Crippen molar-refractivity contribution in [3.8, 4) is 0 Å². The molecule has 3 fully saturated rings. The van der Waals surface area contributed by atoms with Gasteiger partial charge in [0.1, 0.15) is 12.1 Å². The number of likely N-dealkylation sites (tertiary alicyclic amines) is 1. The predicted octanol–water partition coefficient (Wildman–Crippen LogP) is 0.843. The van der Waals surface area contributed by atoms with Gasteiger partial charge < -0.3 is 19.4 Å². The van der Waals surface area contributed by atoms with Crippen molar-refractivity contribution >= 4 is 29.7 Å². The number of ether oxygens (including phenoxy) is 1. The molecule has 3 aliphatic rings. The molecule has 0 bridgehead atoms. The minimum atomic E-state index is -0.826. The SMILES string of the molecule is CCOC(=O)C1CCN(C(=O)CN(C)C(=O)CN2C(=O)N(C)C3(CCCCC3)C2=O)CC1. The van der Waals surface area contributed by atoms with Crippen LogP contribution in [0.15, 0.2) is 0 Å². The molecule has 1 saturated carbocycles. The molecule has 1 spiro atoms. The van der Waals surface area contributed by atoms with Gasteiger partial charge in [-0.05, 0) is 32.6 Å². The van der Waals surface area contributed by atoms with Gasteiger partial charge in [0, 0.05) is 27.2 Å². The van der Waals surface area contributed by atoms with Gasteiger partial charge in [0.2, 0.25) is 11.8 Å². The van der Waals surface area contributed by atoms with Crippen molar-refractivity contribution in [3.05, 3.63) is 0 Å². The van der Waals surface area contributed by atoms with E-state index in [0.29, 0.717) is 45.4 Å². The number of amides is 5. The average molecular weight is 451 g/mol. The number of piperidine rings is 1. The molecule has 0 aromatic heterocycles. The lowest BCUT2D eigenvalue weighted by molar-refractivity contribution is -0.151. The highest BCUT2D eigenvalue weighted by atomic mass is 16.5. The molecule has 178 valence electrons. The van der Waals surface area contributed by atoms with Crippen molar-refractivity contribution in [1.82, 2.24) is 19.6 Å². The van der Waals surface area contributed by atoms with Gasteiger partial charge in [-0.25, -0.2) is 4.79 Å². The molecule has 2 heterocycles. The minimum Gasteiger partial charge on any atom is -0.466 e. The maximum Gasteiger partial charge on any atom is 0.327 e. The molecule has 3 rings (SSSR count). The zero-order chi connectivity index (χ0) is 23.5. The van der Waals surface area contributed by atoms with E-state index in [9.17, 15) is 24.0 Å². The van der Waals surface area contributed by atoms with E-state index in [-0.39, 0.29) is 36.8 Å². The van der Waals surface area contributed by atoms with Gasteiger partial charge >= 0.3 is 12.0 Å². The Hall–Kier alpha value is -2.65. The number of imide groups is 1. The third kappa shape index (κ3) is 4.59. The van der Waals surface area contributed by atoms with Crippen LogP contribution in [0.25, 0.3) is 0 Å². The largest absolute Gasteiger partial charge is 0.466 e. The van der Waals surface area contributed by atoms with Crippen LogP contribution < -0.4 is 0 Å². The van der Waals surface area contributed by atoms with E-state index in [1.54, 1.807) is 18.9 Å². The number of rotatable bonds is 6. The summed E-state index contributed by atoms with van der Waals surface area (Å²) >= 11 is 0. The van der Waals surface area contributed by atoms with Crippen LogP contribution in [0.4, 0.5) is 4.79 Å². The molecule has 2 saturated heterocycles. The second-order valence-corrected chi connectivity index (χ2v) is 8.98. The van der Waals surface area contributed by atoms with Gasteiger partial charge in [-0.3, -0.25) is 24.1 Å². The molecule has 0 unspecified atom stereocenters. The second kappa shape index (κ2) is 9.87. The first-order valence-electron chi connectivity index (χ1n) is 11.5. The van der Waals surface area contributed by atoms with Crippen molar-refractivity contribution in [3.63, 3.8) is 0 Å². The van der Waals surface area contributed by atoms with Crippen molar-refractivity contribution in [2.45, 2.75) is 57.4 Å². The first-order chi connectivity index (χ1) is 15.2. The Labute approximate surface area is 188 Å². The zero-order valence-corrected chi connectivity index (χ0v) is 19.3. The van der Waals surface area contributed by atoms with E-state index in [1.807, 2.05) is 0 Å². The maximum atomic E-state index is 13.0. The van der Waals surface area contributed by atoms with E-state index in [0.717, 1.165) is 24.2 Å². The number of hydrogen-bond donors (Lipinski definition) is 0.